The number of carbonyl (C=O) groups excluding carboxylic acids is 1. The molecule has 1 aromatic carbocycles. The molecule has 0 bridgehead atoms. The van der Waals surface area contributed by atoms with E-state index in [4.69, 9.17) is 18.2 Å². The lowest BCUT2D eigenvalue weighted by atomic mass is 9.95. The maximum atomic E-state index is 13.3. The van der Waals surface area contributed by atoms with Crippen LogP contribution in [0.15, 0.2) is 36.5 Å². The lowest BCUT2D eigenvalue weighted by molar-refractivity contribution is -0.123. The van der Waals surface area contributed by atoms with Crippen molar-refractivity contribution in [2.45, 2.75) is 25.7 Å². The van der Waals surface area contributed by atoms with Crippen LogP contribution in [0.4, 0.5) is 17.5 Å². The third-order valence-electron chi connectivity index (χ3n) is 5.41. The lowest BCUT2D eigenvalue weighted by Crippen LogP contribution is -2.44. The van der Waals surface area contributed by atoms with Gasteiger partial charge < -0.3 is 14.6 Å². The highest BCUT2D eigenvalue weighted by atomic mass is 35.5. The minimum absolute atomic E-state index is 0.00489. The molecule has 144 valence electrons. The molecule has 1 amide bonds. The topological polar surface area (TPSA) is 53.7 Å². The zero-order valence-electron chi connectivity index (χ0n) is 15.6. The second-order valence-corrected chi connectivity index (χ2v) is 7.89. The molecule has 4 rings (SSSR count). The van der Waals surface area contributed by atoms with Gasteiger partial charge in [-0.05, 0) is 61.9 Å². The molecule has 2 fully saturated rings. The van der Waals surface area contributed by atoms with E-state index in [1.165, 1.54) is 12.8 Å². The maximum absolute atomic E-state index is 13.3. The molecule has 2 aliphatic rings. The Hall–Kier alpha value is -2.65. The number of piperidine rings is 1. The molecule has 0 atom stereocenters. The number of hydrogen-bond donors (Lipinski definition) is 0. The highest BCUT2D eigenvalue weighted by molar-refractivity contribution is 6.30. The van der Waals surface area contributed by atoms with Crippen LogP contribution in [0.2, 0.25) is 5.02 Å². The number of halogens is 1. The van der Waals surface area contributed by atoms with Crippen molar-refractivity contribution in [1.82, 2.24) is 9.97 Å². The largest absolute Gasteiger partial charge is 0.360 e. The van der Waals surface area contributed by atoms with Crippen LogP contribution in [0.25, 0.3) is 4.85 Å². The summed E-state index contributed by atoms with van der Waals surface area (Å²) in [6.07, 6.45) is 5.54. The van der Waals surface area contributed by atoms with Crippen molar-refractivity contribution in [3.8, 4) is 0 Å². The van der Waals surface area contributed by atoms with Crippen LogP contribution in [0.3, 0.4) is 0 Å². The van der Waals surface area contributed by atoms with Gasteiger partial charge in [0.2, 0.25) is 5.91 Å². The highest BCUT2D eigenvalue weighted by Crippen LogP contribution is 2.33. The molecule has 1 aliphatic carbocycles. The second-order valence-electron chi connectivity index (χ2n) is 7.46. The van der Waals surface area contributed by atoms with Crippen molar-refractivity contribution < 1.29 is 4.79 Å². The molecule has 0 radical (unpaired) electrons. The summed E-state index contributed by atoms with van der Waals surface area (Å²) in [7, 11) is 0. The van der Waals surface area contributed by atoms with E-state index in [-0.39, 0.29) is 11.8 Å². The molecule has 2 heterocycles. The summed E-state index contributed by atoms with van der Waals surface area (Å²) in [6, 6.07) is 9.15. The van der Waals surface area contributed by atoms with E-state index < -0.39 is 0 Å². The van der Waals surface area contributed by atoms with Crippen molar-refractivity contribution in [1.29, 1.82) is 0 Å². The highest BCUT2D eigenvalue weighted by Gasteiger charge is 2.34. The fraction of sp³-hybridized carbons (Fsp3) is 0.429. The van der Waals surface area contributed by atoms with Gasteiger partial charge in [0.15, 0.2) is 0 Å². The van der Waals surface area contributed by atoms with E-state index in [9.17, 15) is 4.79 Å². The van der Waals surface area contributed by atoms with Crippen LogP contribution >= 0.6 is 11.6 Å². The lowest BCUT2D eigenvalue weighted by Gasteiger charge is -2.33. The van der Waals surface area contributed by atoms with Crippen molar-refractivity contribution in [3.63, 3.8) is 0 Å². The number of hydrogen-bond acceptors (Lipinski definition) is 4. The predicted octanol–water partition coefficient (Wildman–Crippen LogP) is 4.34. The van der Waals surface area contributed by atoms with Gasteiger partial charge in [-0.3, -0.25) is 4.79 Å². The first-order valence-corrected chi connectivity index (χ1v) is 10.0. The summed E-state index contributed by atoms with van der Waals surface area (Å²) in [5, 5.41) is 0.678. The van der Waals surface area contributed by atoms with E-state index in [2.05, 4.69) is 19.7 Å². The number of benzene rings is 1. The first-order chi connectivity index (χ1) is 13.6. The first-order valence-electron chi connectivity index (χ1n) is 9.66. The molecule has 7 heteroatoms. The van der Waals surface area contributed by atoms with Crippen LogP contribution in [0.5, 0.6) is 0 Å². The van der Waals surface area contributed by atoms with Gasteiger partial charge in [0, 0.05) is 42.5 Å². The average molecular weight is 396 g/mol. The summed E-state index contributed by atoms with van der Waals surface area (Å²) in [5.41, 5.74) is 0.928. The SMILES string of the molecule is [C-]#[N+]c1ccnc(N2CCC(C(=O)N(CC3CC3)c3ccc(Cl)cc3)CC2)n1. The fourth-order valence-electron chi connectivity index (χ4n) is 3.60. The number of rotatable bonds is 5. The van der Waals surface area contributed by atoms with Gasteiger partial charge in [0.25, 0.3) is 5.82 Å². The molecule has 2 aromatic rings. The monoisotopic (exact) mass is 395 g/mol. The molecule has 1 aromatic heterocycles. The van der Waals surface area contributed by atoms with Crippen LogP contribution in [0, 0.1) is 18.4 Å². The maximum Gasteiger partial charge on any atom is 0.322 e. The van der Waals surface area contributed by atoms with Gasteiger partial charge in [-0.1, -0.05) is 23.2 Å². The Morgan fingerprint density at radius 1 is 1.18 bits per heavy atom. The molecule has 1 saturated heterocycles. The van der Waals surface area contributed by atoms with E-state index in [0.29, 0.717) is 22.7 Å². The predicted molar refractivity (Wildman–Crippen MR) is 110 cm³/mol. The standard InChI is InChI=1S/C21H22ClN5O/c1-23-19-8-11-24-21(25-19)26-12-9-16(10-13-26)20(28)27(14-15-2-3-15)18-6-4-17(22)5-7-18/h4-8,11,15-16H,2-3,9-10,12-14H2. The normalized spacial score (nSPS) is 17.2. The summed E-state index contributed by atoms with van der Waals surface area (Å²) < 4.78 is 0. The van der Waals surface area contributed by atoms with E-state index in [1.54, 1.807) is 12.3 Å². The van der Waals surface area contributed by atoms with Crippen molar-refractivity contribution in [3.05, 3.63) is 53.0 Å². The van der Waals surface area contributed by atoms with E-state index in [1.807, 2.05) is 29.2 Å². The molecule has 28 heavy (non-hydrogen) atoms. The molecule has 0 spiro atoms. The molecular formula is C21H22ClN5O. The minimum atomic E-state index is -0.00489. The molecule has 1 saturated carbocycles. The molecule has 0 N–H and O–H groups in total. The quantitative estimate of drug-likeness (QED) is 0.706. The van der Waals surface area contributed by atoms with Gasteiger partial charge in [0.05, 0.1) is 0 Å². The van der Waals surface area contributed by atoms with Crippen LogP contribution in [-0.4, -0.2) is 35.5 Å². The van der Waals surface area contributed by atoms with E-state index in [0.717, 1.165) is 38.2 Å². The first kappa shape index (κ1) is 18.7. The van der Waals surface area contributed by atoms with Crippen molar-refractivity contribution >= 4 is 35.0 Å². The second kappa shape index (κ2) is 8.15. The Morgan fingerprint density at radius 2 is 1.89 bits per heavy atom. The third-order valence-corrected chi connectivity index (χ3v) is 5.66. The van der Waals surface area contributed by atoms with Crippen molar-refractivity contribution in [2.75, 3.05) is 29.4 Å². The number of amides is 1. The van der Waals surface area contributed by atoms with Crippen molar-refractivity contribution in [2.24, 2.45) is 11.8 Å². The Labute approximate surface area is 170 Å². The molecule has 1 aliphatic heterocycles. The summed E-state index contributed by atoms with van der Waals surface area (Å²) >= 11 is 6.02. The van der Waals surface area contributed by atoms with Crippen LogP contribution < -0.4 is 9.80 Å². The zero-order chi connectivity index (χ0) is 19.5. The average Bonchev–Trinajstić information content (AvgIpc) is 3.57. The number of anilines is 2. The van der Waals surface area contributed by atoms with Gasteiger partial charge in [-0.25, -0.2) is 4.98 Å². The Balaban J connectivity index is 1.43. The summed E-state index contributed by atoms with van der Waals surface area (Å²) in [5.74, 6) is 1.73. The zero-order valence-corrected chi connectivity index (χ0v) is 16.3. The third kappa shape index (κ3) is 4.26. The Kier molecular flexibility index (Phi) is 5.45. The van der Waals surface area contributed by atoms with Gasteiger partial charge in [-0.15, -0.1) is 0 Å². The minimum Gasteiger partial charge on any atom is -0.360 e. The number of carbonyl (C=O) groups is 1. The summed E-state index contributed by atoms with van der Waals surface area (Å²) in [4.78, 5) is 29.2. The van der Waals surface area contributed by atoms with Gasteiger partial charge in [0.1, 0.15) is 0 Å². The van der Waals surface area contributed by atoms with Gasteiger partial charge >= 0.3 is 5.95 Å². The Morgan fingerprint density at radius 3 is 2.54 bits per heavy atom. The van der Waals surface area contributed by atoms with Gasteiger partial charge in [-0.2, -0.15) is 0 Å². The van der Waals surface area contributed by atoms with E-state index >= 15 is 0 Å². The molecule has 0 unspecified atom stereocenters. The number of aromatic nitrogens is 2. The van der Waals surface area contributed by atoms with Crippen LogP contribution in [0.1, 0.15) is 25.7 Å². The van der Waals surface area contributed by atoms with Crippen LogP contribution in [-0.2, 0) is 4.79 Å². The number of nitrogens with zero attached hydrogens (tertiary/aromatic N) is 5. The Bertz CT molecular complexity index is 882. The molecular weight excluding hydrogens is 374 g/mol. The smallest absolute Gasteiger partial charge is 0.322 e. The molecule has 6 nitrogen and oxygen atoms in total. The fourth-order valence-corrected chi connectivity index (χ4v) is 3.73. The summed E-state index contributed by atoms with van der Waals surface area (Å²) in [6.45, 7) is 9.33.